The molecular weight excluding hydrogens is 531 g/mol. The Kier molecular flexibility index (Phi) is 7.64. The van der Waals surface area contributed by atoms with Gasteiger partial charge in [-0.15, -0.1) is 13.2 Å². The quantitative estimate of drug-likeness (QED) is 0.358. The number of hydrogen-bond acceptors (Lipinski definition) is 4. The van der Waals surface area contributed by atoms with E-state index in [0.717, 1.165) is 9.86 Å². The van der Waals surface area contributed by atoms with E-state index in [2.05, 4.69) is 26.0 Å². The second kappa shape index (κ2) is 10.2. The molecule has 10 heteroatoms. The molecular formula is C25H23BrF3NO5. The maximum Gasteiger partial charge on any atom is 0.573 e. The Balaban J connectivity index is 1.94. The first kappa shape index (κ1) is 26.3. The highest BCUT2D eigenvalue weighted by Crippen LogP contribution is 2.34. The number of halogens is 4. The molecule has 186 valence electrons. The molecule has 3 aromatic rings. The van der Waals surface area contributed by atoms with Crippen molar-refractivity contribution in [1.29, 1.82) is 0 Å². The van der Waals surface area contributed by atoms with E-state index in [1.807, 2.05) is 12.1 Å². The second-order valence-electron chi connectivity index (χ2n) is 8.90. The van der Waals surface area contributed by atoms with Crippen LogP contribution in [0.3, 0.4) is 0 Å². The fourth-order valence-electron chi connectivity index (χ4n) is 3.40. The molecule has 0 aromatic heterocycles. The molecule has 6 nitrogen and oxygen atoms in total. The first-order valence-electron chi connectivity index (χ1n) is 10.5. The minimum absolute atomic E-state index is 0.0557. The van der Waals surface area contributed by atoms with Crippen LogP contribution >= 0.6 is 15.9 Å². The van der Waals surface area contributed by atoms with Crippen LogP contribution < -0.4 is 14.8 Å². The lowest BCUT2D eigenvalue weighted by molar-refractivity contribution is -0.274. The highest BCUT2D eigenvalue weighted by molar-refractivity contribution is 9.10. The van der Waals surface area contributed by atoms with Crippen molar-refractivity contribution < 1.29 is 37.3 Å². The van der Waals surface area contributed by atoms with Crippen molar-refractivity contribution in [2.75, 3.05) is 0 Å². The molecule has 0 heterocycles. The minimum Gasteiger partial charge on any atom is -0.487 e. The van der Waals surface area contributed by atoms with Gasteiger partial charge in [-0.2, -0.15) is 0 Å². The number of ether oxygens (including phenoxy) is 2. The summed E-state index contributed by atoms with van der Waals surface area (Å²) < 4.78 is 47.8. The van der Waals surface area contributed by atoms with Crippen molar-refractivity contribution in [2.45, 2.75) is 39.8 Å². The maximum absolute atomic E-state index is 13.2. The van der Waals surface area contributed by atoms with Crippen LogP contribution in [0, 0.1) is 5.41 Å². The Morgan fingerprint density at radius 1 is 1.03 bits per heavy atom. The van der Waals surface area contributed by atoms with E-state index in [0.29, 0.717) is 10.9 Å². The zero-order chi connectivity index (χ0) is 26.0. The summed E-state index contributed by atoms with van der Waals surface area (Å²) in [6.07, 6.45) is -4.79. The molecule has 0 bridgehead atoms. The summed E-state index contributed by atoms with van der Waals surface area (Å²) in [5, 5.41) is 13.5. The normalized spacial score (nSPS) is 12.8. The molecule has 2 N–H and O–H groups in total. The molecule has 3 aromatic carbocycles. The molecule has 3 rings (SSSR count). The van der Waals surface area contributed by atoms with Gasteiger partial charge in [0.1, 0.15) is 24.1 Å². The van der Waals surface area contributed by atoms with E-state index >= 15 is 0 Å². The number of aliphatic carboxylic acids is 1. The number of fused-ring (bicyclic) bond motifs is 1. The van der Waals surface area contributed by atoms with Gasteiger partial charge in [-0.1, -0.05) is 61.0 Å². The summed E-state index contributed by atoms with van der Waals surface area (Å²) in [4.78, 5) is 24.9. The molecule has 0 aliphatic rings. The van der Waals surface area contributed by atoms with E-state index in [-0.39, 0.29) is 23.7 Å². The molecule has 1 atom stereocenters. The number of carboxylic acid groups (broad SMARTS) is 1. The van der Waals surface area contributed by atoms with Crippen LogP contribution in [-0.4, -0.2) is 29.4 Å². The Labute approximate surface area is 208 Å². The fraction of sp³-hybridized carbons (Fsp3) is 0.280. The summed E-state index contributed by atoms with van der Waals surface area (Å²) >= 11 is 3.40. The van der Waals surface area contributed by atoms with Gasteiger partial charge in [-0.25, -0.2) is 4.79 Å². The summed E-state index contributed by atoms with van der Waals surface area (Å²) in [7, 11) is 0. The van der Waals surface area contributed by atoms with Crippen LogP contribution in [0.1, 0.15) is 36.7 Å². The van der Waals surface area contributed by atoms with Gasteiger partial charge in [0.2, 0.25) is 0 Å². The standard InChI is InChI=1S/C25H23BrF3NO5/c1-24(2,3)21(23(32)33)30-22(31)18-11-7-15-6-8-16(26)12-19(15)20(18)34-13-14-4-9-17(10-5-14)35-25(27,28)29/h4-12,21H,13H2,1-3H3,(H,30,31)(H,32,33). The average Bonchev–Trinajstić information content (AvgIpc) is 2.74. The summed E-state index contributed by atoms with van der Waals surface area (Å²) in [5.41, 5.74) is -0.0816. The molecule has 0 aliphatic heterocycles. The third kappa shape index (κ3) is 6.88. The van der Waals surface area contributed by atoms with Gasteiger partial charge in [0.15, 0.2) is 0 Å². The largest absolute Gasteiger partial charge is 0.573 e. The van der Waals surface area contributed by atoms with E-state index in [1.165, 1.54) is 24.3 Å². The van der Waals surface area contributed by atoms with Crippen molar-refractivity contribution in [3.05, 3.63) is 70.2 Å². The van der Waals surface area contributed by atoms with Crippen LogP contribution in [0.2, 0.25) is 0 Å². The number of carbonyl (C=O) groups excluding carboxylic acids is 1. The lowest BCUT2D eigenvalue weighted by Gasteiger charge is -2.28. The molecule has 0 saturated heterocycles. The number of carboxylic acids is 1. The first-order chi connectivity index (χ1) is 16.2. The minimum atomic E-state index is -4.79. The van der Waals surface area contributed by atoms with Crippen LogP contribution in [0.4, 0.5) is 13.2 Å². The van der Waals surface area contributed by atoms with Crippen molar-refractivity contribution in [3.63, 3.8) is 0 Å². The van der Waals surface area contributed by atoms with E-state index in [4.69, 9.17) is 4.74 Å². The molecule has 0 fully saturated rings. The van der Waals surface area contributed by atoms with E-state index in [9.17, 15) is 27.9 Å². The van der Waals surface area contributed by atoms with Gasteiger partial charge in [-0.05, 0) is 46.7 Å². The SMILES string of the molecule is CC(C)(C)C(NC(=O)c1ccc2ccc(Br)cc2c1OCc1ccc(OC(F)(F)F)cc1)C(=O)O. The molecule has 0 spiro atoms. The van der Waals surface area contributed by atoms with Gasteiger partial charge in [0, 0.05) is 9.86 Å². The highest BCUT2D eigenvalue weighted by Gasteiger charge is 2.34. The molecule has 35 heavy (non-hydrogen) atoms. The lowest BCUT2D eigenvalue weighted by atomic mass is 9.86. The first-order valence-corrected chi connectivity index (χ1v) is 11.3. The number of hydrogen-bond donors (Lipinski definition) is 2. The summed E-state index contributed by atoms with van der Waals surface area (Å²) in [6.45, 7) is 5.05. The van der Waals surface area contributed by atoms with Gasteiger partial charge in [-0.3, -0.25) is 4.79 Å². The predicted molar refractivity (Wildman–Crippen MR) is 127 cm³/mol. The van der Waals surface area contributed by atoms with Crippen LogP contribution in [0.15, 0.2) is 59.1 Å². The van der Waals surface area contributed by atoms with Crippen LogP contribution in [0.5, 0.6) is 11.5 Å². The zero-order valence-corrected chi connectivity index (χ0v) is 20.7. The number of carbonyl (C=O) groups is 2. The smallest absolute Gasteiger partial charge is 0.487 e. The van der Waals surface area contributed by atoms with Gasteiger partial charge in [0.05, 0.1) is 5.56 Å². The van der Waals surface area contributed by atoms with Gasteiger partial charge < -0.3 is 19.9 Å². The van der Waals surface area contributed by atoms with Crippen molar-refractivity contribution in [2.24, 2.45) is 5.41 Å². The molecule has 0 saturated carbocycles. The highest BCUT2D eigenvalue weighted by atomic mass is 79.9. The van der Waals surface area contributed by atoms with E-state index in [1.54, 1.807) is 39.0 Å². The monoisotopic (exact) mass is 553 g/mol. The molecule has 0 aliphatic carbocycles. The Morgan fingerprint density at radius 3 is 2.23 bits per heavy atom. The van der Waals surface area contributed by atoms with Crippen LogP contribution in [0.25, 0.3) is 10.8 Å². The average molecular weight is 554 g/mol. The Bertz CT molecular complexity index is 1240. The second-order valence-corrected chi connectivity index (χ2v) is 9.81. The summed E-state index contributed by atoms with van der Waals surface area (Å²) in [5.74, 6) is -1.94. The third-order valence-electron chi connectivity index (χ3n) is 5.11. The number of rotatable bonds is 7. The topological polar surface area (TPSA) is 84.9 Å². The van der Waals surface area contributed by atoms with Crippen LogP contribution in [-0.2, 0) is 11.4 Å². The van der Waals surface area contributed by atoms with Gasteiger partial charge >= 0.3 is 12.3 Å². The number of nitrogens with one attached hydrogen (secondary N) is 1. The molecule has 0 radical (unpaired) electrons. The van der Waals surface area contributed by atoms with Crippen molar-refractivity contribution in [3.8, 4) is 11.5 Å². The molecule has 1 unspecified atom stereocenters. The third-order valence-corrected chi connectivity index (χ3v) is 5.60. The maximum atomic E-state index is 13.2. The Morgan fingerprint density at radius 2 is 1.66 bits per heavy atom. The van der Waals surface area contributed by atoms with Gasteiger partial charge in [0.25, 0.3) is 5.91 Å². The fourth-order valence-corrected chi connectivity index (χ4v) is 3.76. The lowest BCUT2D eigenvalue weighted by Crippen LogP contribution is -2.49. The number of alkyl halides is 3. The number of benzene rings is 3. The molecule has 1 amide bonds. The van der Waals surface area contributed by atoms with Crippen molar-refractivity contribution >= 4 is 38.6 Å². The Hall–Kier alpha value is -3.27. The zero-order valence-electron chi connectivity index (χ0n) is 19.1. The van der Waals surface area contributed by atoms with Crippen molar-refractivity contribution in [1.82, 2.24) is 5.32 Å². The van der Waals surface area contributed by atoms with E-state index < -0.39 is 29.7 Å². The predicted octanol–water partition coefficient (Wildman–Crippen LogP) is 6.31. The summed E-state index contributed by atoms with van der Waals surface area (Å²) in [6, 6.07) is 12.7. The number of amides is 1.